The Morgan fingerprint density at radius 2 is 1.60 bits per heavy atom. The maximum atomic E-state index is 11.8. The topological polar surface area (TPSA) is 0 Å². The van der Waals surface area contributed by atoms with Gasteiger partial charge in [0.25, 0.3) is 0 Å². The Balaban J connectivity index is 4.44. The van der Waals surface area contributed by atoms with E-state index in [1.54, 1.807) is 0 Å². The lowest BCUT2D eigenvalue weighted by Gasteiger charge is -2.18. The highest BCUT2D eigenvalue weighted by Crippen LogP contribution is 2.29. The van der Waals surface area contributed by atoms with Gasteiger partial charge in [0.1, 0.15) is 0 Å². The van der Waals surface area contributed by atoms with Gasteiger partial charge in [-0.05, 0) is 11.8 Å². The minimum Gasteiger partial charge on any atom is -0.171 e. The van der Waals surface area contributed by atoms with E-state index in [9.17, 15) is 13.2 Å². The molecule has 0 bridgehead atoms. The molecule has 10 heavy (non-hydrogen) atoms. The molecule has 0 rings (SSSR count). The maximum absolute atomic E-state index is 11.8. The van der Waals surface area contributed by atoms with Crippen LogP contribution in [-0.2, 0) is 0 Å². The van der Waals surface area contributed by atoms with Crippen molar-refractivity contribution in [1.29, 1.82) is 0 Å². The minimum atomic E-state index is -4.43. The van der Waals surface area contributed by atoms with Gasteiger partial charge in [0, 0.05) is 9.16 Å². The maximum Gasteiger partial charge on any atom is 0.389 e. The summed E-state index contributed by atoms with van der Waals surface area (Å²) in [6.45, 7) is 4.37. The first-order valence-electron chi connectivity index (χ1n) is 4.02. The van der Waals surface area contributed by atoms with Crippen molar-refractivity contribution in [3.63, 3.8) is 0 Å². The number of halogens is 3. The van der Waals surface area contributed by atoms with Gasteiger partial charge in [-0.25, -0.2) is 0 Å². The molecular formula is C7H13F3. The second-order valence-corrected chi connectivity index (χ2v) is 3.22. The molecular weight excluding hydrogens is 141 g/mol. The summed E-state index contributed by atoms with van der Waals surface area (Å²) in [6, 6.07) is 0. The van der Waals surface area contributed by atoms with Crippen LogP contribution in [0.2, 0.25) is 0 Å². The first-order valence-corrected chi connectivity index (χ1v) is 3.02. The van der Waals surface area contributed by atoms with Crippen LogP contribution in [0.3, 0.4) is 0 Å². The lowest BCUT2D eigenvalue weighted by molar-refractivity contribution is -0.139. The van der Waals surface area contributed by atoms with Crippen LogP contribution < -0.4 is 0 Å². The summed E-state index contributed by atoms with van der Waals surface area (Å²) in [7, 11) is 0. The van der Waals surface area contributed by atoms with Crippen molar-refractivity contribution in [1.82, 2.24) is 0 Å². The third-order valence-electron chi connectivity index (χ3n) is 0.819. The molecule has 0 aromatic rings. The van der Waals surface area contributed by atoms with Gasteiger partial charge in [-0.3, -0.25) is 0 Å². The van der Waals surface area contributed by atoms with Crippen LogP contribution in [-0.4, -0.2) is 6.18 Å². The number of hydrogen-bond acceptors (Lipinski definition) is 0. The SMILES string of the molecule is [2H]C([2H])(CC(F)(F)F)C(C)(C)C. The first kappa shape index (κ1) is 6.50. The molecule has 0 heterocycles. The van der Waals surface area contributed by atoms with E-state index in [1.807, 2.05) is 0 Å². The first-order chi connectivity index (χ1) is 4.96. The van der Waals surface area contributed by atoms with Crippen LogP contribution in [0.25, 0.3) is 0 Å². The van der Waals surface area contributed by atoms with Crippen LogP contribution in [0.4, 0.5) is 13.2 Å². The highest BCUT2D eigenvalue weighted by atomic mass is 19.4. The predicted octanol–water partition coefficient (Wildman–Crippen LogP) is 3.38. The van der Waals surface area contributed by atoms with E-state index >= 15 is 0 Å². The van der Waals surface area contributed by atoms with Crippen molar-refractivity contribution in [2.75, 3.05) is 0 Å². The molecule has 0 amide bonds. The van der Waals surface area contributed by atoms with Crippen molar-refractivity contribution in [2.45, 2.75) is 39.7 Å². The Kier molecular flexibility index (Phi) is 1.82. The highest BCUT2D eigenvalue weighted by molar-refractivity contribution is 4.63. The van der Waals surface area contributed by atoms with Crippen LogP contribution >= 0.6 is 0 Å². The van der Waals surface area contributed by atoms with Gasteiger partial charge < -0.3 is 0 Å². The van der Waals surface area contributed by atoms with Gasteiger partial charge in [0.2, 0.25) is 0 Å². The molecule has 0 atom stereocenters. The quantitative estimate of drug-likeness (QED) is 0.546. The third-order valence-corrected chi connectivity index (χ3v) is 0.819. The van der Waals surface area contributed by atoms with E-state index in [0.29, 0.717) is 0 Å². The minimum absolute atomic E-state index is 0.984. The summed E-state index contributed by atoms with van der Waals surface area (Å²) in [6.07, 6.45) is -8.02. The van der Waals surface area contributed by atoms with Crippen LogP contribution in [0, 0.1) is 5.41 Å². The fourth-order valence-corrected chi connectivity index (χ4v) is 0.365. The number of hydrogen-bond donors (Lipinski definition) is 0. The molecule has 0 aromatic carbocycles. The van der Waals surface area contributed by atoms with Crippen molar-refractivity contribution in [3.05, 3.63) is 0 Å². The molecule has 3 heteroatoms. The molecule has 0 aliphatic carbocycles. The largest absolute Gasteiger partial charge is 0.389 e. The lowest BCUT2D eigenvalue weighted by atomic mass is 9.90. The Morgan fingerprint density at radius 1 is 1.20 bits per heavy atom. The molecule has 0 spiro atoms. The van der Waals surface area contributed by atoms with E-state index < -0.39 is 24.4 Å². The second kappa shape index (κ2) is 2.81. The van der Waals surface area contributed by atoms with Gasteiger partial charge in [0.05, 0.1) is 0 Å². The third kappa shape index (κ3) is 7.79. The predicted molar refractivity (Wildman–Crippen MR) is 34.7 cm³/mol. The fraction of sp³-hybridized carbons (Fsp3) is 1.00. The van der Waals surface area contributed by atoms with Crippen molar-refractivity contribution in [3.8, 4) is 0 Å². The smallest absolute Gasteiger partial charge is 0.171 e. The molecule has 0 N–H and O–H groups in total. The lowest BCUT2D eigenvalue weighted by Crippen LogP contribution is -2.13. The van der Waals surface area contributed by atoms with Gasteiger partial charge in [-0.1, -0.05) is 20.8 Å². The summed E-state index contributed by atoms with van der Waals surface area (Å²) < 4.78 is 49.9. The van der Waals surface area contributed by atoms with Crippen LogP contribution in [0.15, 0.2) is 0 Å². The molecule has 0 radical (unpaired) electrons. The van der Waals surface area contributed by atoms with Crippen molar-refractivity contribution in [2.24, 2.45) is 5.41 Å². The van der Waals surface area contributed by atoms with E-state index in [-0.39, 0.29) is 0 Å². The zero-order valence-corrected chi connectivity index (χ0v) is 6.34. The standard InChI is InChI=1S/C7H13F3/c1-6(2,3)4-5-7(8,9)10/h4-5H2,1-3H3/i4D2. The summed E-state index contributed by atoms with van der Waals surface area (Å²) >= 11 is 0. The Hall–Kier alpha value is -0.210. The summed E-state index contributed by atoms with van der Waals surface area (Å²) in [4.78, 5) is 0. The number of alkyl halides is 3. The van der Waals surface area contributed by atoms with Gasteiger partial charge in [-0.2, -0.15) is 13.2 Å². The van der Waals surface area contributed by atoms with Crippen LogP contribution in [0.5, 0.6) is 0 Å². The van der Waals surface area contributed by atoms with Gasteiger partial charge >= 0.3 is 6.18 Å². The summed E-state index contributed by atoms with van der Waals surface area (Å²) in [5.74, 6) is 0. The Labute approximate surface area is 62.2 Å². The van der Waals surface area contributed by atoms with Gasteiger partial charge in [-0.15, -0.1) is 0 Å². The van der Waals surface area contributed by atoms with Crippen LogP contribution in [0.1, 0.15) is 36.3 Å². The Morgan fingerprint density at radius 3 is 1.70 bits per heavy atom. The van der Waals surface area contributed by atoms with E-state index in [4.69, 9.17) is 2.74 Å². The van der Waals surface area contributed by atoms with Gasteiger partial charge in [0.15, 0.2) is 0 Å². The van der Waals surface area contributed by atoms with E-state index in [0.717, 1.165) is 0 Å². The van der Waals surface area contributed by atoms with E-state index in [1.165, 1.54) is 20.8 Å². The summed E-state index contributed by atoms with van der Waals surface area (Å²) in [5.41, 5.74) is -0.984. The highest BCUT2D eigenvalue weighted by Gasteiger charge is 2.28. The molecule has 0 aliphatic rings. The summed E-state index contributed by atoms with van der Waals surface area (Å²) in [5, 5.41) is 0. The normalized spacial score (nSPS) is 18.2. The average Bonchev–Trinajstić information content (AvgIpc) is 1.52. The molecule has 0 aromatic heterocycles. The second-order valence-electron chi connectivity index (χ2n) is 3.22. The molecule has 0 fully saturated rings. The molecule has 0 nitrogen and oxygen atoms in total. The monoisotopic (exact) mass is 156 g/mol. The molecule has 0 saturated carbocycles. The molecule has 0 aliphatic heterocycles. The van der Waals surface area contributed by atoms with E-state index in [2.05, 4.69) is 0 Å². The number of rotatable bonds is 1. The fourth-order valence-electron chi connectivity index (χ4n) is 0.365. The van der Waals surface area contributed by atoms with Crippen molar-refractivity contribution >= 4 is 0 Å². The molecule has 0 unspecified atom stereocenters. The average molecular weight is 156 g/mol. The van der Waals surface area contributed by atoms with Crippen molar-refractivity contribution < 1.29 is 15.9 Å². The zero-order chi connectivity index (χ0) is 10.2. The Bertz CT molecular complexity index is 155. The zero-order valence-electron chi connectivity index (χ0n) is 8.34. The molecule has 0 saturated heterocycles. The molecule has 62 valence electrons.